The van der Waals surface area contributed by atoms with Crippen molar-refractivity contribution >= 4 is 57.8 Å². The van der Waals surface area contributed by atoms with Gasteiger partial charge in [-0.3, -0.25) is 9.59 Å². The number of hydrogen-bond donors (Lipinski definition) is 2. The number of benzene rings is 2. The monoisotopic (exact) mass is 460 g/mol. The molecule has 0 aromatic heterocycles. The van der Waals surface area contributed by atoms with Gasteiger partial charge >= 0.3 is 0 Å². The van der Waals surface area contributed by atoms with Crippen LogP contribution in [0.25, 0.3) is 6.08 Å². The van der Waals surface area contributed by atoms with Crippen LogP contribution >= 0.6 is 35.6 Å². The molecule has 2 saturated heterocycles. The van der Waals surface area contributed by atoms with Crippen molar-refractivity contribution in [2.24, 2.45) is 0 Å². The molecular weight excluding hydrogens is 444 g/mol. The van der Waals surface area contributed by atoms with Gasteiger partial charge in [0.15, 0.2) is 0 Å². The largest absolute Gasteiger partial charge is 0.457 e. The predicted molar refractivity (Wildman–Crippen MR) is 121 cm³/mol. The molecular formula is C21H17ClN2O4S2. The van der Waals surface area contributed by atoms with Crippen molar-refractivity contribution in [3.05, 3.63) is 63.5 Å². The summed E-state index contributed by atoms with van der Waals surface area (Å²) in [7, 11) is 0. The summed E-state index contributed by atoms with van der Waals surface area (Å²) in [5.41, 5.74) is 1.78. The second-order valence-corrected chi connectivity index (χ2v) is 8.89. The van der Waals surface area contributed by atoms with E-state index < -0.39 is 0 Å². The molecule has 154 valence electrons. The van der Waals surface area contributed by atoms with Gasteiger partial charge in [0.1, 0.15) is 22.4 Å². The molecule has 0 spiro atoms. The lowest BCUT2D eigenvalue weighted by atomic mass is 10.1. The third kappa shape index (κ3) is 5.20. The molecule has 0 saturated carbocycles. The van der Waals surface area contributed by atoms with Gasteiger partial charge in [-0.15, -0.1) is 0 Å². The minimum absolute atomic E-state index is 0.0204. The van der Waals surface area contributed by atoms with Gasteiger partial charge in [-0.25, -0.2) is 0 Å². The van der Waals surface area contributed by atoms with Gasteiger partial charge < -0.3 is 20.1 Å². The number of carbonyl (C=O) groups is 2. The first-order valence-corrected chi connectivity index (χ1v) is 10.7. The van der Waals surface area contributed by atoms with E-state index in [2.05, 4.69) is 10.6 Å². The van der Waals surface area contributed by atoms with Crippen LogP contribution in [0.1, 0.15) is 11.1 Å². The fraction of sp³-hybridized carbons (Fsp3) is 0.190. The van der Waals surface area contributed by atoms with Gasteiger partial charge in [0.2, 0.25) is 5.91 Å². The molecule has 9 heteroatoms. The van der Waals surface area contributed by atoms with Crippen LogP contribution in [0.5, 0.6) is 11.5 Å². The van der Waals surface area contributed by atoms with E-state index in [0.29, 0.717) is 44.3 Å². The van der Waals surface area contributed by atoms with Crippen molar-refractivity contribution < 1.29 is 19.1 Å². The topological polar surface area (TPSA) is 76.7 Å². The van der Waals surface area contributed by atoms with E-state index >= 15 is 0 Å². The van der Waals surface area contributed by atoms with Crippen molar-refractivity contribution in [3.8, 4) is 11.5 Å². The van der Waals surface area contributed by atoms with E-state index in [-0.39, 0.29) is 24.5 Å². The third-order valence-corrected chi connectivity index (χ3v) is 5.95. The molecule has 2 aromatic carbocycles. The Bertz CT molecular complexity index is 1040. The molecule has 2 heterocycles. The zero-order valence-electron chi connectivity index (χ0n) is 15.6. The van der Waals surface area contributed by atoms with E-state index in [0.717, 1.165) is 5.56 Å². The molecule has 30 heavy (non-hydrogen) atoms. The molecule has 0 bridgehead atoms. The maximum Gasteiger partial charge on any atom is 0.263 e. The van der Waals surface area contributed by atoms with Crippen LogP contribution in [0.4, 0.5) is 0 Å². The fourth-order valence-electron chi connectivity index (χ4n) is 3.08. The van der Waals surface area contributed by atoms with E-state index in [1.54, 1.807) is 24.3 Å². The van der Waals surface area contributed by atoms with Crippen molar-refractivity contribution in [3.63, 3.8) is 0 Å². The first-order valence-electron chi connectivity index (χ1n) is 9.14. The number of halogens is 1. The normalized spacial score (nSPS) is 20.2. The SMILES string of the molecule is O=C1COCC(Cc2ccc(Oc3ccc(C=C4SC(=S)NC4=O)c(Cl)c3)cc2)N1. The van der Waals surface area contributed by atoms with Gasteiger partial charge in [-0.2, -0.15) is 0 Å². The maximum atomic E-state index is 11.8. The molecule has 2 aliphatic heterocycles. The van der Waals surface area contributed by atoms with Gasteiger partial charge in [0.25, 0.3) is 5.91 Å². The van der Waals surface area contributed by atoms with Gasteiger partial charge in [0, 0.05) is 0 Å². The first-order chi connectivity index (χ1) is 14.5. The second-order valence-electron chi connectivity index (χ2n) is 6.77. The molecule has 2 N–H and O–H groups in total. The summed E-state index contributed by atoms with van der Waals surface area (Å²) < 4.78 is 11.6. The van der Waals surface area contributed by atoms with E-state index in [1.807, 2.05) is 24.3 Å². The highest BCUT2D eigenvalue weighted by atomic mass is 35.5. The predicted octanol–water partition coefficient (Wildman–Crippen LogP) is 3.68. The Morgan fingerprint density at radius 2 is 1.97 bits per heavy atom. The second kappa shape index (κ2) is 9.18. The standard InChI is InChI=1S/C21H17ClN2O4S2/c22-17-9-16(6-3-13(17)8-18-20(26)24-21(29)30-18)28-15-4-1-12(2-5-15)7-14-10-27-11-19(25)23-14/h1-6,8-9,14H,7,10-11H2,(H,23,25)(H,24,26,29). The highest BCUT2D eigenvalue weighted by Crippen LogP contribution is 2.31. The molecule has 2 fully saturated rings. The molecule has 4 rings (SSSR count). The average molecular weight is 461 g/mol. The zero-order chi connectivity index (χ0) is 21.1. The summed E-state index contributed by atoms with van der Waals surface area (Å²) in [4.78, 5) is 23.7. The molecule has 0 radical (unpaired) electrons. The van der Waals surface area contributed by atoms with Crippen molar-refractivity contribution in [1.82, 2.24) is 10.6 Å². The minimum Gasteiger partial charge on any atom is -0.457 e. The number of amides is 2. The maximum absolute atomic E-state index is 11.8. The number of morpholine rings is 1. The van der Waals surface area contributed by atoms with Crippen LogP contribution in [0.2, 0.25) is 5.02 Å². The minimum atomic E-state index is -0.221. The van der Waals surface area contributed by atoms with Gasteiger partial charge in [-0.05, 0) is 54.0 Å². The molecule has 1 unspecified atom stereocenters. The van der Waals surface area contributed by atoms with Crippen LogP contribution in [0, 0.1) is 0 Å². The molecule has 0 aliphatic carbocycles. The lowest BCUT2D eigenvalue weighted by Gasteiger charge is -2.23. The molecule has 2 amide bonds. The number of thioether (sulfide) groups is 1. The molecule has 6 nitrogen and oxygen atoms in total. The summed E-state index contributed by atoms with van der Waals surface area (Å²) in [5, 5.41) is 5.96. The molecule has 2 aliphatic rings. The first kappa shape index (κ1) is 20.9. The number of thiocarbonyl (C=S) groups is 1. The number of ether oxygens (including phenoxy) is 2. The summed E-state index contributed by atoms with van der Waals surface area (Å²) in [6.07, 6.45) is 2.39. The molecule has 1 atom stereocenters. The smallest absolute Gasteiger partial charge is 0.263 e. The molecule has 2 aromatic rings. The number of carbonyl (C=O) groups excluding carboxylic acids is 2. The number of nitrogens with one attached hydrogen (secondary N) is 2. The van der Waals surface area contributed by atoms with Crippen molar-refractivity contribution in [2.45, 2.75) is 12.5 Å². The number of rotatable bonds is 5. The van der Waals surface area contributed by atoms with Crippen LogP contribution in [0.15, 0.2) is 47.4 Å². The fourth-order valence-corrected chi connectivity index (χ4v) is 4.34. The lowest BCUT2D eigenvalue weighted by molar-refractivity contribution is -0.131. The van der Waals surface area contributed by atoms with Crippen LogP contribution < -0.4 is 15.4 Å². The van der Waals surface area contributed by atoms with E-state index in [1.165, 1.54) is 11.8 Å². The Labute approximate surface area is 188 Å². The van der Waals surface area contributed by atoms with Crippen molar-refractivity contribution in [1.29, 1.82) is 0 Å². The highest BCUT2D eigenvalue weighted by Gasteiger charge is 2.22. The quantitative estimate of drug-likeness (QED) is 0.523. The number of hydrogen-bond acceptors (Lipinski definition) is 6. The summed E-state index contributed by atoms with van der Waals surface area (Å²) in [5.74, 6) is 0.945. The van der Waals surface area contributed by atoms with Gasteiger partial charge in [-0.1, -0.05) is 47.7 Å². The van der Waals surface area contributed by atoms with E-state index in [9.17, 15) is 9.59 Å². The summed E-state index contributed by atoms with van der Waals surface area (Å²) in [6, 6.07) is 12.9. The third-order valence-electron chi connectivity index (χ3n) is 4.46. The van der Waals surface area contributed by atoms with Crippen LogP contribution in [-0.2, 0) is 20.7 Å². The Hall–Kier alpha value is -2.39. The summed E-state index contributed by atoms with van der Waals surface area (Å²) >= 11 is 12.6. The van der Waals surface area contributed by atoms with Gasteiger partial charge in [0.05, 0.1) is 22.6 Å². The Morgan fingerprint density at radius 1 is 1.20 bits per heavy atom. The Balaban J connectivity index is 1.40. The van der Waals surface area contributed by atoms with Crippen LogP contribution in [-0.4, -0.2) is 35.4 Å². The van der Waals surface area contributed by atoms with Crippen molar-refractivity contribution in [2.75, 3.05) is 13.2 Å². The lowest BCUT2D eigenvalue weighted by Crippen LogP contribution is -2.46. The average Bonchev–Trinajstić information content (AvgIpc) is 3.02. The Morgan fingerprint density at radius 3 is 2.63 bits per heavy atom. The zero-order valence-corrected chi connectivity index (χ0v) is 18.0. The summed E-state index contributed by atoms with van der Waals surface area (Å²) in [6.45, 7) is 0.637. The Kier molecular flexibility index (Phi) is 6.38. The van der Waals surface area contributed by atoms with E-state index in [4.69, 9.17) is 33.3 Å². The highest BCUT2D eigenvalue weighted by molar-refractivity contribution is 8.26. The van der Waals surface area contributed by atoms with Crippen LogP contribution in [0.3, 0.4) is 0 Å².